The second-order valence-electron chi connectivity index (χ2n) is 7.21. The van der Waals surface area contributed by atoms with Crippen LogP contribution in [0, 0.1) is 11.6 Å². The summed E-state index contributed by atoms with van der Waals surface area (Å²) in [6.07, 6.45) is 0.197. The molecule has 0 radical (unpaired) electrons. The number of amidine groups is 1. The van der Waals surface area contributed by atoms with E-state index in [1.165, 1.54) is 30.3 Å². The molecule has 0 spiro atoms. The Kier molecular flexibility index (Phi) is 5.52. The lowest BCUT2D eigenvalue weighted by Crippen LogP contribution is -2.51. The quantitative estimate of drug-likeness (QED) is 0.795. The van der Waals surface area contributed by atoms with E-state index in [-0.39, 0.29) is 41.1 Å². The number of carbonyl (C=O) groups is 1. The summed E-state index contributed by atoms with van der Waals surface area (Å²) in [6.45, 7) is 2.21. The van der Waals surface area contributed by atoms with Crippen LogP contribution in [0.25, 0.3) is 0 Å². The van der Waals surface area contributed by atoms with Gasteiger partial charge in [0.05, 0.1) is 18.7 Å². The highest BCUT2D eigenvalue weighted by atomic mass is 32.2. The molecule has 0 unspecified atom stereocenters. The molecule has 7 nitrogen and oxygen atoms in total. The number of halogens is 2. The zero-order chi connectivity index (χ0) is 21.3. The second-order valence-corrected chi connectivity index (χ2v) is 8.78. The van der Waals surface area contributed by atoms with E-state index in [4.69, 9.17) is 0 Å². The van der Waals surface area contributed by atoms with Crippen LogP contribution in [-0.2, 0) is 21.2 Å². The fourth-order valence-electron chi connectivity index (χ4n) is 3.53. The van der Waals surface area contributed by atoms with E-state index in [9.17, 15) is 22.0 Å². The number of hydrogen-bond donors (Lipinski definition) is 1. The number of piperazine rings is 1. The Morgan fingerprint density at radius 1 is 1.03 bits per heavy atom. The van der Waals surface area contributed by atoms with Crippen molar-refractivity contribution in [1.29, 1.82) is 0 Å². The van der Waals surface area contributed by atoms with Crippen LogP contribution in [-0.4, -0.2) is 62.7 Å². The van der Waals surface area contributed by atoms with Crippen LogP contribution in [0.1, 0.15) is 5.56 Å². The summed E-state index contributed by atoms with van der Waals surface area (Å²) < 4.78 is 55.5. The van der Waals surface area contributed by atoms with Crippen molar-refractivity contribution in [2.75, 3.05) is 38.0 Å². The van der Waals surface area contributed by atoms with Crippen LogP contribution < -0.4 is 5.32 Å². The number of nitrogens with zero attached hydrogens (tertiary/aromatic N) is 3. The van der Waals surface area contributed by atoms with Gasteiger partial charge in [-0.25, -0.2) is 8.78 Å². The lowest BCUT2D eigenvalue weighted by Gasteiger charge is -2.35. The second kappa shape index (κ2) is 8.11. The first-order valence-corrected chi connectivity index (χ1v) is 10.9. The monoisotopic (exact) mass is 434 g/mol. The van der Waals surface area contributed by atoms with E-state index < -0.39 is 15.8 Å². The van der Waals surface area contributed by atoms with Gasteiger partial charge in [0.25, 0.3) is 10.0 Å². The lowest BCUT2D eigenvalue weighted by molar-refractivity contribution is -0.132. The van der Waals surface area contributed by atoms with Gasteiger partial charge in [-0.3, -0.25) is 9.69 Å². The number of anilines is 1. The topological polar surface area (TPSA) is 82.1 Å². The van der Waals surface area contributed by atoms with Crippen molar-refractivity contribution in [3.05, 3.63) is 59.7 Å². The molecule has 1 amide bonds. The van der Waals surface area contributed by atoms with Crippen LogP contribution in [0.15, 0.2) is 51.8 Å². The Morgan fingerprint density at radius 3 is 2.43 bits per heavy atom. The fraction of sp³-hybridized carbons (Fsp3) is 0.300. The van der Waals surface area contributed by atoms with Crippen LogP contribution in [0.2, 0.25) is 0 Å². The number of fused-ring (bicyclic) bond motifs is 1. The molecule has 2 heterocycles. The predicted molar refractivity (Wildman–Crippen MR) is 108 cm³/mol. The Morgan fingerprint density at radius 2 is 1.73 bits per heavy atom. The third kappa shape index (κ3) is 4.34. The summed E-state index contributed by atoms with van der Waals surface area (Å²) in [5.41, 5.74) is 0.658. The third-order valence-corrected chi connectivity index (χ3v) is 6.48. The number of hydrogen-bond acceptors (Lipinski definition) is 5. The zero-order valence-electron chi connectivity index (χ0n) is 16.0. The molecule has 0 bridgehead atoms. The molecule has 2 aliphatic rings. The molecule has 0 aromatic heterocycles. The van der Waals surface area contributed by atoms with Crippen LogP contribution in [0.3, 0.4) is 0 Å². The first-order valence-electron chi connectivity index (χ1n) is 9.46. The molecule has 0 aliphatic carbocycles. The van der Waals surface area contributed by atoms with Gasteiger partial charge in [-0.05, 0) is 29.8 Å². The predicted octanol–water partition coefficient (Wildman–Crippen LogP) is 1.86. The normalized spacial score (nSPS) is 18.3. The summed E-state index contributed by atoms with van der Waals surface area (Å²) in [6, 6.07) is 9.67. The van der Waals surface area contributed by atoms with Crippen molar-refractivity contribution in [1.82, 2.24) is 9.80 Å². The summed E-state index contributed by atoms with van der Waals surface area (Å²) in [5.74, 6) is -0.894. The van der Waals surface area contributed by atoms with Crippen molar-refractivity contribution < 1.29 is 22.0 Å². The van der Waals surface area contributed by atoms with Crippen molar-refractivity contribution >= 4 is 27.5 Å². The average molecular weight is 434 g/mol. The molecule has 1 fully saturated rings. The number of sulfonamides is 1. The lowest BCUT2D eigenvalue weighted by atomic mass is 10.1. The minimum Gasteiger partial charge on any atom is -0.340 e. The van der Waals surface area contributed by atoms with Crippen LogP contribution >= 0.6 is 0 Å². The zero-order valence-corrected chi connectivity index (χ0v) is 16.8. The van der Waals surface area contributed by atoms with Crippen molar-refractivity contribution in [2.24, 2.45) is 4.40 Å². The minimum absolute atomic E-state index is 0.0482. The molecular formula is C20H20F2N4O3S. The summed E-state index contributed by atoms with van der Waals surface area (Å²) >= 11 is 0. The van der Waals surface area contributed by atoms with E-state index in [1.54, 1.807) is 17.0 Å². The molecule has 1 N–H and O–H groups in total. The number of benzene rings is 2. The average Bonchev–Trinajstić information content (AvgIpc) is 2.71. The first-order chi connectivity index (χ1) is 14.3. The SMILES string of the molecule is O=C(Cc1ccc(F)cc1)N1CCN(CC2=NS(=O)(=O)c3cccc(F)c3N2)CC1. The highest BCUT2D eigenvalue weighted by Crippen LogP contribution is 2.29. The summed E-state index contributed by atoms with van der Waals surface area (Å²) in [4.78, 5) is 16.0. The van der Waals surface area contributed by atoms with E-state index >= 15 is 0 Å². The van der Waals surface area contributed by atoms with E-state index in [0.717, 1.165) is 5.56 Å². The minimum atomic E-state index is -3.96. The first kappa shape index (κ1) is 20.4. The number of rotatable bonds is 4. The highest BCUT2D eigenvalue weighted by molar-refractivity contribution is 7.90. The summed E-state index contributed by atoms with van der Waals surface area (Å²) in [7, 11) is -3.96. The van der Waals surface area contributed by atoms with Gasteiger partial charge < -0.3 is 10.2 Å². The maximum absolute atomic E-state index is 14.0. The van der Waals surface area contributed by atoms with Gasteiger partial charge in [-0.15, -0.1) is 4.40 Å². The molecule has 4 rings (SSSR count). The highest BCUT2D eigenvalue weighted by Gasteiger charge is 2.29. The molecule has 2 aromatic carbocycles. The van der Waals surface area contributed by atoms with Gasteiger partial charge in [-0.2, -0.15) is 8.42 Å². The molecule has 2 aliphatic heterocycles. The molecule has 0 saturated carbocycles. The smallest absolute Gasteiger partial charge is 0.286 e. The maximum Gasteiger partial charge on any atom is 0.286 e. The Labute approximate surface area is 173 Å². The number of carbonyl (C=O) groups excluding carboxylic acids is 1. The van der Waals surface area contributed by atoms with E-state index in [0.29, 0.717) is 26.2 Å². The largest absolute Gasteiger partial charge is 0.340 e. The van der Waals surface area contributed by atoms with Crippen LogP contribution in [0.5, 0.6) is 0 Å². The molecular weight excluding hydrogens is 414 g/mol. The molecule has 158 valence electrons. The van der Waals surface area contributed by atoms with Crippen molar-refractivity contribution in [3.63, 3.8) is 0 Å². The molecule has 1 saturated heterocycles. The van der Waals surface area contributed by atoms with Gasteiger partial charge in [0.1, 0.15) is 22.4 Å². The van der Waals surface area contributed by atoms with Crippen molar-refractivity contribution in [3.8, 4) is 0 Å². The molecule has 0 atom stereocenters. The van der Waals surface area contributed by atoms with Crippen LogP contribution in [0.4, 0.5) is 14.5 Å². The Bertz CT molecular complexity index is 1100. The van der Waals surface area contributed by atoms with E-state index in [2.05, 4.69) is 9.71 Å². The summed E-state index contributed by atoms with van der Waals surface area (Å²) in [5, 5.41) is 2.78. The number of para-hydroxylation sites is 1. The van der Waals surface area contributed by atoms with Gasteiger partial charge >= 0.3 is 0 Å². The Hall–Kier alpha value is -2.85. The molecule has 10 heteroatoms. The van der Waals surface area contributed by atoms with Gasteiger partial charge in [0, 0.05) is 26.2 Å². The standard InChI is InChI=1S/C20H20F2N4O3S/c21-15-6-4-14(5-7-15)12-19(27)26-10-8-25(9-11-26)13-18-23-20-16(22)2-1-3-17(20)30(28,29)24-18/h1-7H,8-13H2,(H,23,24). The molecule has 30 heavy (non-hydrogen) atoms. The maximum atomic E-state index is 14.0. The fourth-order valence-corrected chi connectivity index (χ4v) is 4.68. The number of amides is 1. The van der Waals surface area contributed by atoms with Gasteiger partial charge in [-0.1, -0.05) is 18.2 Å². The van der Waals surface area contributed by atoms with Crippen molar-refractivity contribution in [2.45, 2.75) is 11.3 Å². The molecule has 2 aromatic rings. The van der Waals surface area contributed by atoms with Gasteiger partial charge in [0.15, 0.2) is 0 Å². The number of nitrogens with one attached hydrogen (secondary N) is 1. The van der Waals surface area contributed by atoms with E-state index in [1.807, 2.05) is 4.90 Å². The van der Waals surface area contributed by atoms with Gasteiger partial charge in [0.2, 0.25) is 5.91 Å². The third-order valence-electron chi connectivity index (χ3n) is 5.12. The Balaban J connectivity index is 1.35.